The van der Waals surface area contributed by atoms with Crippen molar-refractivity contribution in [2.45, 2.75) is 26.9 Å². The van der Waals surface area contributed by atoms with E-state index in [0.717, 1.165) is 5.56 Å². The maximum Gasteiger partial charge on any atom is 0.278 e. The number of hydrogen-bond donors (Lipinski definition) is 1. The van der Waals surface area contributed by atoms with Gasteiger partial charge in [0.15, 0.2) is 0 Å². The Labute approximate surface area is 111 Å². The van der Waals surface area contributed by atoms with Gasteiger partial charge in [0.1, 0.15) is 0 Å². The summed E-state index contributed by atoms with van der Waals surface area (Å²) in [6, 6.07) is 1.93. The van der Waals surface area contributed by atoms with Gasteiger partial charge < -0.3 is 10.3 Å². The second-order valence-electron chi connectivity index (χ2n) is 4.51. The lowest BCUT2D eigenvalue weighted by atomic mass is 10.1. The Bertz CT molecular complexity index is 619. The summed E-state index contributed by atoms with van der Waals surface area (Å²) >= 11 is 0. The van der Waals surface area contributed by atoms with Crippen molar-refractivity contribution in [3.05, 3.63) is 57.2 Å². The standard InChI is InChI=1S/C13H16N4O2/c1-9-6-15-12(10(2)13(9)17(18)19)8-16-4-3-11(5-14)7-16/h3-4,6-7H,5,8,14H2,1-2H3. The van der Waals surface area contributed by atoms with Crippen LogP contribution in [0.1, 0.15) is 22.4 Å². The summed E-state index contributed by atoms with van der Waals surface area (Å²) in [4.78, 5) is 15.0. The molecule has 0 aliphatic carbocycles. The highest BCUT2D eigenvalue weighted by molar-refractivity contribution is 5.47. The molecular formula is C13H16N4O2. The fraction of sp³-hybridized carbons (Fsp3) is 0.308. The summed E-state index contributed by atoms with van der Waals surface area (Å²) in [5.41, 5.74) is 8.64. The van der Waals surface area contributed by atoms with Crippen LogP contribution in [-0.2, 0) is 13.1 Å². The smallest absolute Gasteiger partial charge is 0.278 e. The molecule has 0 aliphatic rings. The average Bonchev–Trinajstić information content (AvgIpc) is 2.80. The summed E-state index contributed by atoms with van der Waals surface area (Å²) in [5, 5.41) is 11.1. The average molecular weight is 260 g/mol. The monoisotopic (exact) mass is 260 g/mol. The molecule has 100 valence electrons. The van der Waals surface area contributed by atoms with Gasteiger partial charge in [0, 0.05) is 30.7 Å². The molecule has 0 spiro atoms. The molecule has 0 radical (unpaired) electrons. The third-order valence-corrected chi connectivity index (χ3v) is 3.14. The maximum atomic E-state index is 11.1. The van der Waals surface area contributed by atoms with E-state index in [4.69, 9.17) is 5.73 Å². The van der Waals surface area contributed by atoms with Gasteiger partial charge in [-0.25, -0.2) is 0 Å². The van der Waals surface area contributed by atoms with Crippen molar-refractivity contribution in [3.8, 4) is 0 Å². The van der Waals surface area contributed by atoms with Crippen LogP contribution in [0.15, 0.2) is 24.7 Å². The Morgan fingerprint density at radius 1 is 1.47 bits per heavy atom. The molecule has 0 atom stereocenters. The van der Waals surface area contributed by atoms with E-state index in [1.54, 1.807) is 20.0 Å². The van der Waals surface area contributed by atoms with Crippen LogP contribution in [0.2, 0.25) is 0 Å². The quantitative estimate of drug-likeness (QED) is 0.672. The van der Waals surface area contributed by atoms with Crippen LogP contribution in [0.4, 0.5) is 5.69 Å². The molecule has 2 N–H and O–H groups in total. The zero-order valence-corrected chi connectivity index (χ0v) is 11.0. The van der Waals surface area contributed by atoms with Crippen LogP contribution >= 0.6 is 0 Å². The Balaban J connectivity index is 2.35. The van der Waals surface area contributed by atoms with Gasteiger partial charge in [0.25, 0.3) is 5.69 Å². The minimum absolute atomic E-state index is 0.149. The van der Waals surface area contributed by atoms with Crippen LogP contribution in [0.25, 0.3) is 0 Å². The summed E-state index contributed by atoms with van der Waals surface area (Å²) in [6.45, 7) is 4.42. The Hall–Kier alpha value is -2.21. The lowest BCUT2D eigenvalue weighted by Gasteiger charge is -2.08. The molecule has 2 aromatic rings. The second-order valence-corrected chi connectivity index (χ2v) is 4.51. The second kappa shape index (κ2) is 5.19. The van der Waals surface area contributed by atoms with Crippen molar-refractivity contribution in [1.82, 2.24) is 9.55 Å². The van der Waals surface area contributed by atoms with Crippen molar-refractivity contribution in [3.63, 3.8) is 0 Å². The Kier molecular flexibility index (Phi) is 3.62. The van der Waals surface area contributed by atoms with Crippen molar-refractivity contribution in [1.29, 1.82) is 0 Å². The fourth-order valence-corrected chi connectivity index (χ4v) is 2.09. The van der Waals surface area contributed by atoms with Crippen LogP contribution in [0.5, 0.6) is 0 Å². The third-order valence-electron chi connectivity index (χ3n) is 3.14. The Morgan fingerprint density at radius 2 is 2.21 bits per heavy atom. The molecule has 0 fully saturated rings. The number of aryl methyl sites for hydroxylation is 1. The first-order chi connectivity index (χ1) is 9.02. The fourth-order valence-electron chi connectivity index (χ4n) is 2.09. The molecule has 0 bridgehead atoms. The van der Waals surface area contributed by atoms with E-state index in [1.165, 1.54) is 0 Å². The molecule has 0 saturated carbocycles. The molecule has 19 heavy (non-hydrogen) atoms. The summed E-state index contributed by atoms with van der Waals surface area (Å²) in [7, 11) is 0. The topological polar surface area (TPSA) is 87.0 Å². The zero-order valence-electron chi connectivity index (χ0n) is 11.0. The molecule has 0 aliphatic heterocycles. The molecule has 0 aromatic carbocycles. The lowest BCUT2D eigenvalue weighted by molar-refractivity contribution is -0.386. The van der Waals surface area contributed by atoms with Gasteiger partial charge >= 0.3 is 0 Å². The van der Waals surface area contributed by atoms with Gasteiger partial charge in [0.05, 0.1) is 22.7 Å². The summed E-state index contributed by atoms with van der Waals surface area (Å²) in [5.74, 6) is 0. The first-order valence-electron chi connectivity index (χ1n) is 5.97. The molecular weight excluding hydrogens is 244 g/mol. The molecule has 0 saturated heterocycles. The first-order valence-corrected chi connectivity index (χ1v) is 5.97. The van der Waals surface area contributed by atoms with Gasteiger partial charge in [-0.2, -0.15) is 0 Å². The van der Waals surface area contributed by atoms with Gasteiger partial charge in [-0.05, 0) is 25.5 Å². The number of pyridine rings is 1. The van der Waals surface area contributed by atoms with Crippen LogP contribution in [0, 0.1) is 24.0 Å². The highest BCUT2D eigenvalue weighted by Gasteiger charge is 2.18. The van der Waals surface area contributed by atoms with Gasteiger partial charge in [0.2, 0.25) is 0 Å². The van der Waals surface area contributed by atoms with E-state index in [1.807, 2.05) is 23.0 Å². The van der Waals surface area contributed by atoms with Gasteiger partial charge in [-0.15, -0.1) is 0 Å². The van der Waals surface area contributed by atoms with E-state index in [-0.39, 0.29) is 10.6 Å². The van der Waals surface area contributed by atoms with Crippen LogP contribution in [-0.4, -0.2) is 14.5 Å². The highest BCUT2D eigenvalue weighted by Crippen LogP contribution is 2.24. The predicted octanol–water partition coefficient (Wildman–Crippen LogP) is 1.92. The van der Waals surface area contributed by atoms with E-state index >= 15 is 0 Å². The van der Waals surface area contributed by atoms with E-state index in [0.29, 0.717) is 29.9 Å². The maximum absolute atomic E-state index is 11.1. The van der Waals surface area contributed by atoms with Crippen LogP contribution < -0.4 is 5.73 Å². The number of aromatic nitrogens is 2. The number of nitro groups is 1. The number of rotatable bonds is 4. The predicted molar refractivity (Wildman–Crippen MR) is 71.8 cm³/mol. The molecule has 0 unspecified atom stereocenters. The molecule has 2 heterocycles. The number of nitrogens with zero attached hydrogens (tertiary/aromatic N) is 3. The number of hydrogen-bond acceptors (Lipinski definition) is 4. The van der Waals surface area contributed by atoms with Crippen LogP contribution in [0.3, 0.4) is 0 Å². The third kappa shape index (κ3) is 2.63. The molecule has 2 rings (SSSR count). The number of nitrogens with two attached hydrogens (primary N) is 1. The van der Waals surface area contributed by atoms with E-state index in [2.05, 4.69) is 4.98 Å². The van der Waals surface area contributed by atoms with Gasteiger partial charge in [-0.3, -0.25) is 15.1 Å². The highest BCUT2D eigenvalue weighted by atomic mass is 16.6. The molecule has 0 amide bonds. The lowest BCUT2D eigenvalue weighted by Crippen LogP contribution is -2.06. The van der Waals surface area contributed by atoms with Crippen molar-refractivity contribution in [2.24, 2.45) is 5.73 Å². The largest absolute Gasteiger partial charge is 0.348 e. The van der Waals surface area contributed by atoms with Crippen molar-refractivity contribution >= 4 is 5.69 Å². The van der Waals surface area contributed by atoms with Crippen molar-refractivity contribution < 1.29 is 4.92 Å². The van der Waals surface area contributed by atoms with Gasteiger partial charge in [-0.1, -0.05) is 0 Å². The van der Waals surface area contributed by atoms with E-state index < -0.39 is 0 Å². The van der Waals surface area contributed by atoms with E-state index in [9.17, 15) is 10.1 Å². The Morgan fingerprint density at radius 3 is 2.79 bits per heavy atom. The minimum Gasteiger partial charge on any atom is -0.348 e. The minimum atomic E-state index is -0.350. The summed E-state index contributed by atoms with van der Waals surface area (Å²) in [6.07, 6.45) is 5.37. The molecule has 6 heteroatoms. The molecule has 2 aromatic heterocycles. The normalized spacial score (nSPS) is 10.7. The summed E-state index contributed by atoms with van der Waals surface area (Å²) < 4.78 is 1.93. The zero-order chi connectivity index (χ0) is 14.0. The van der Waals surface area contributed by atoms with Crippen molar-refractivity contribution in [2.75, 3.05) is 0 Å². The molecule has 6 nitrogen and oxygen atoms in total. The first kappa shape index (κ1) is 13.2. The SMILES string of the molecule is Cc1cnc(Cn2ccc(CN)c2)c(C)c1[N+](=O)[O-].